The lowest BCUT2D eigenvalue weighted by Gasteiger charge is -2.11. The molecule has 2 rings (SSSR count). The van der Waals surface area contributed by atoms with Crippen LogP contribution in [0, 0.1) is 6.92 Å². The maximum atomic E-state index is 9.07. The SMILES string of the molecule is CC.CCC(C)c1ccc(C)nc1N.CCC(C)c1ccc[n+](O)c1. The van der Waals surface area contributed by atoms with Gasteiger partial charge in [0.15, 0.2) is 0 Å². The van der Waals surface area contributed by atoms with Gasteiger partial charge in [-0.3, -0.25) is 5.21 Å². The molecular formula is C21H36N3O+. The Morgan fingerprint density at radius 3 is 2.16 bits per heavy atom. The van der Waals surface area contributed by atoms with Crippen molar-refractivity contribution in [1.82, 2.24) is 4.98 Å². The molecule has 0 saturated heterocycles. The number of nitrogen functional groups attached to an aromatic ring is 1. The fourth-order valence-corrected chi connectivity index (χ4v) is 2.23. The highest BCUT2D eigenvalue weighted by atomic mass is 16.5. The van der Waals surface area contributed by atoms with Crippen molar-refractivity contribution in [3.63, 3.8) is 0 Å². The van der Waals surface area contributed by atoms with E-state index in [1.54, 1.807) is 12.4 Å². The Hall–Kier alpha value is -2.10. The first-order valence-corrected chi connectivity index (χ1v) is 9.32. The predicted octanol–water partition coefficient (Wildman–Crippen LogP) is 5.24. The zero-order chi connectivity index (χ0) is 19.4. The van der Waals surface area contributed by atoms with E-state index < -0.39 is 0 Å². The second kappa shape index (κ2) is 12.3. The van der Waals surface area contributed by atoms with Crippen molar-refractivity contribution in [2.45, 2.75) is 73.1 Å². The van der Waals surface area contributed by atoms with Crippen LogP contribution in [0.2, 0.25) is 0 Å². The van der Waals surface area contributed by atoms with Gasteiger partial charge in [0.25, 0.3) is 0 Å². The van der Waals surface area contributed by atoms with Crippen LogP contribution in [-0.2, 0) is 0 Å². The topological polar surface area (TPSA) is 63.0 Å². The van der Waals surface area contributed by atoms with Crippen LogP contribution in [-0.4, -0.2) is 10.2 Å². The molecule has 0 aromatic carbocycles. The molecule has 0 aliphatic carbocycles. The molecule has 0 fully saturated rings. The number of nitrogens with zero attached hydrogens (tertiary/aromatic N) is 2. The van der Waals surface area contributed by atoms with Crippen LogP contribution < -0.4 is 10.5 Å². The number of pyridine rings is 2. The average molecular weight is 347 g/mol. The van der Waals surface area contributed by atoms with Crippen molar-refractivity contribution in [2.75, 3.05) is 5.73 Å². The third-order valence-electron chi connectivity index (χ3n) is 4.23. The molecule has 2 aromatic rings. The summed E-state index contributed by atoms with van der Waals surface area (Å²) >= 11 is 0. The number of hydrogen-bond donors (Lipinski definition) is 2. The van der Waals surface area contributed by atoms with Crippen LogP contribution in [0.15, 0.2) is 36.7 Å². The van der Waals surface area contributed by atoms with Crippen molar-refractivity contribution in [2.24, 2.45) is 0 Å². The maximum absolute atomic E-state index is 9.07. The van der Waals surface area contributed by atoms with E-state index in [0.717, 1.165) is 23.3 Å². The zero-order valence-corrected chi connectivity index (χ0v) is 17.0. The molecule has 2 unspecified atom stereocenters. The van der Waals surface area contributed by atoms with Gasteiger partial charge in [0.05, 0.1) is 0 Å². The predicted molar refractivity (Wildman–Crippen MR) is 106 cm³/mol. The summed E-state index contributed by atoms with van der Waals surface area (Å²) in [4.78, 5) is 4.22. The van der Waals surface area contributed by atoms with Gasteiger partial charge < -0.3 is 5.73 Å². The molecule has 0 saturated carbocycles. The normalized spacial score (nSPS) is 12.1. The average Bonchev–Trinajstić information content (AvgIpc) is 2.62. The van der Waals surface area contributed by atoms with Gasteiger partial charge >= 0.3 is 0 Å². The Bertz CT molecular complexity index is 614. The lowest BCUT2D eigenvalue weighted by Crippen LogP contribution is -2.29. The molecule has 140 valence electrons. The third-order valence-corrected chi connectivity index (χ3v) is 4.23. The minimum atomic E-state index is 0.512. The Morgan fingerprint density at radius 1 is 1.08 bits per heavy atom. The molecule has 0 bridgehead atoms. The standard InChI is InChI=1S/C10H16N2.C9H14NO.C2H6/c1-4-7(2)9-6-5-8(3)12-10(9)11;1-3-8(2)9-5-4-6-10(11)7-9;1-2/h5-7H,4H2,1-3H3,(H2,11,12);4-8,11H,3H2,1-2H3;1-2H3/q;+1;. The van der Waals surface area contributed by atoms with Crippen molar-refractivity contribution < 1.29 is 9.94 Å². The van der Waals surface area contributed by atoms with E-state index in [2.05, 4.69) is 38.7 Å². The zero-order valence-electron chi connectivity index (χ0n) is 17.0. The Labute approximate surface area is 153 Å². The van der Waals surface area contributed by atoms with E-state index in [1.165, 1.54) is 11.1 Å². The molecule has 0 spiro atoms. The minimum absolute atomic E-state index is 0.512. The number of aryl methyl sites for hydroxylation is 1. The first kappa shape index (κ1) is 22.9. The van der Waals surface area contributed by atoms with Crippen LogP contribution in [0.3, 0.4) is 0 Å². The second-order valence-corrected chi connectivity index (χ2v) is 6.06. The molecule has 2 aromatic heterocycles. The molecule has 2 heterocycles. The van der Waals surface area contributed by atoms with Crippen molar-refractivity contribution in [3.05, 3.63) is 53.5 Å². The summed E-state index contributed by atoms with van der Waals surface area (Å²) < 4.78 is 1.10. The van der Waals surface area contributed by atoms with Crippen LogP contribution in [0.4, 0.5) is 5.82 Å². The Morgan fingerprint density at radius 2 is 1.68 bits per heavy atom. The van der Waals surface area contributed by atoms with Gasteiger partial charge in [-0.15, -0.1) is 0 Å². The largest absolute Gasteiger partial charge is 0.383 e. The van der Waals surface area contributed by atoms with E-state index in [4.69, 9.17) is 10.9 Å². The van der Waals surface area contributed by atoms with Gasteiger partial charge in [-0.05, 0) is 49.3 Å². The lowest BCUT2D eigenvalue weighted by atomic mass is 9.99. The number of nitrogens with two attached hydrogens (primary N) is 1. The fourth-order valence-electron chi connectivity index (χ4n) is 2.23. The van der Waals surface area contributed by atoms with Crippen molar-refractivity contribution in [3.8, 4) is 0 Å². The summed E-state index contributed by atoms with van der Waals surface area (Å²) in [5.74, 6) is 1.72. The molecule has 0 radical (unpaired) electrons. The summed E-state index contributed by atoms with van der Waals surface area (Å²) in [7, 11) is 0. The lowest BCUT2D eigenvalue weighted by molar-refractivity contribution is -0.905. The third kappa shape index (κ3) is 8.01. The highest BCUT2D eigenvalue weighted by Gasteiger charge is 2.07. The smallest absolute Gasteiger partial charge is 0.225 e. The Kier molecular flexibility index (Phi) is 11.3. The van der Waals surface area contributed by atoms with Gasteiger partial charge in [0.2, 0.25) is 12.4 Å². The first-order chi connectivity index (χ1) is 11.9. The second-order valence-electron chi connectivity index (χ2n) is 6.06. The molecule has 4 nitrogen and oxygen atoms in total. The number of aromatic nitrogens is 2. The molecular weight excluding hydrogens is 310 g/mol. The van der Waals surface area contributed by atoms with E-state index in [-0.39, 0.29) is 0 Å². The minimum Gasteiger partial charge on any atom is -0.383 e. The van der Waals surface area contributed by atoms with Gasteiger partial charge in [-0.25, -0.2) is 4.98 Å². The quantitative estimate of drug-likeness (QED) is 0.588. The van der Waals surface area contributed by atoms with E-state index in [1.807, 2.05) is 39.0 Å². The molecule has 25 heavy (non-hydrogen) atoms. The highest BCUT2D eigenvalue weighted by Crippen LogP contribution is 2.22. The highest BCUT2D eigenvalue weighted by molar-refractivity contribution is 5.42. The van der Waals surface area contributed by atoms with Crippen LogP contribution >= 0.6 is 0 Å². The number of hydrogen-bond acceptors (Lipinski definition) is 3. The number of anilines is 1. The summed E-state index contributed by atoms with van der Waals surface area (Å²) in [6, 6.07) is 7.96. The summed E-state index contributed by atoms with van der Waals surface area (Å²) in [6.45, 7) is 14.6. The molecule has 2 atom stereocenters. The van der Waals surface area contributed by atoms with Crippen LogP contribution in [0.25, 0.3) is 0 Å². The summed E-state index contributed by atoms with van der Waals surface area (Å²) in [6.07, 6.45) is 5.57. The number of rotatable bonds is 4. The fraction of sp³-hybridized carbons (Fsp3) is 0.524. The van der Waals surface area contributed by atoms with E-state index >= 15 is 0 Å². The molecule has 4 heteroatoms. The van der Waals surface area contributed by atoms with Gasteiger partial charge in [-0.1, -0.05) is 47.6 Å². The van der Waals surface area contributed by atoms with Gasteiger partial charge in [0, 0.05) is 22.1 Å². The monoisotopic (exact) mass is 346 g/mol. The van der Waals surface area contributed by atoms with E-state index in [9.17, 15) is 0 Å². The summed E-state index contributed by atoms with van der Waals surface area (Å²) in [5, 5.41) is 9.07. The van der Waals surface area contributed by atoms with Crippen molar-refractivity contribution in [1.29, 1.82) is 0 Å². The van der Waals surface area contributed by atoms with Crippen LogP contribution in [0.5, 0.6) is 0 Å². The first-order valence-electron chi connectivity index (χ1n) is 9.32. The van der Waals surface area contributed by atoms with E-state index in [0.29, 0.717) is 17.7 Å². The maximum Gasteiger partial charge on any atom is 0.225 e. The van der Waals surface area contributed by atoms with Crippen LogP contribution in [0.1, 0.15) is 83.0 Å². The molecule has 3 N–H and O–H groups in total. The molecule has 0 amide bonds. The van der Waals surface area contributed by atoms with Gasteiger partial charge in [0.1, 0.15) is 5.82 Å². The molecule has 0 aliphatic heterocycles. The molecule has 0 aliphatic rings. The van der Waals surface area contributed by atoms with Gasteiger partial charge in [-0.2, -0.15) is 0 Å². The summed E-state index contributed by atoms with van der Waals surface area (Å²) in [5.41, 5.74) is 9.12. The Balaban J connectivity index is 0.000000421. The van der Waals surface area contributed by atoms with Crippen molar-refractivity contribution >= 4 is 5.82 Å².